The van der Waals surface area contributed by atoms with Crippen molar-refractivity contribution >= 4 is 22.5 Å². The molecule has 1 aromatic heterocycles. The lowest BCUT2D eigenvalue weighted by Gasteiger charge is -2.27. The van der Waals surface area contributed by atoms with E-state index in [1.165, 1.54) is 11.1 Å². The van der Waals surface area contributed by atoms with Gasteiger partial charge >= 0.3 is 0 Å². The first-order valence-electron chi connectivity index (χ1n) is 9.19. The zero-order valence-electron chi connectivity index (χ0n) is 15.6. The normalized spacial score (nSPS) is 16.0. The third-order valence-corrected chi connectivity index (χ3v) is 5.25. The molecule has 0 fully saturated rings. The number of amides is 1. The van der Waals surface area contributed by atoms with Gasteiger partial charge in [-0.05, 0) is 67.6 Å². The van der Waals surface area contributed by atoms with Crippen LogP contribution < -0.4 is 15.8 Å². The van der Waals surface area contributed by atoms with Crippen LogP contribution in [0.25, 0.3) is 10.9 Å². The fourth-order valence-corrected chi connectivity index (χ4v) is 3.82. The van der Waals surface area contributed by atoms with Crippen LogP contribution in [0.4, 0.5) is 5.69 Å². The molecule has 0 radical (unpaired) electrons. The quantitative estimate of drug-likeness (QED) is 0.693. The van der Waals surface area contributed by atoms with Crippen LogP contribution in [0.3, 0.4) is 0 Å². The summed E-state index contributed by atoms with van der Waals surface area (Å²) in [6.07, 6.45) is 2.97. The number of hydrogen-bond acceptors (Lipinski definition) is 4. The number of ether oxygens (including phenoxy) is 1. The summed E-state index contributed by atoms with van der Waals surface area (Å²) in [7, 11) is 1.63. The maximum atomic E-state index is 13.0. The fraction of sp³-hybridized carbons (Fsp3) is 0.273. The van der Waals surface area contributed by atoms with Crippen LogP contribution in [-0.4, -0.2) is 18.0 Å². The lowest BCUT2D eigenvalue weighted by molar-refractivity contribution is 0.0932. The number of methoxy groups -OCH3 is 1. The molecule has 4 rings (SSSR count). The molecule has 2 aromatic carbocycles. The van der Waals surface area contributed by atoms with E-state index in [0.29, 0.717) is 11.3 Å². The van der Waals surface area contributed by atoms with E-state index in [9.17, 15) is 4.79 Å². The van der Waals surface area contributed by atoms with Crippen molar-refractivity contribution in [2.45, 2.75) is 32.2 Å². The molecule has 1 atom stereocenters. The molecule has 3 N–H and O–H groups in total. The van der Waals surface area contributed by atoms with Gasteiger partial charge in [-0.25, -0.2) is 0 Å². The number of rotatable bonds is 3. The molecular weight excluding hydrogens is 338 g/mol. The van der Waals surface area contributed by atoms with Gasteiger partial charge in [-0.3, -0.25) is 9.78 Å². The molecule has 1 heterocycles. The van der Waals surface area contributed by atoms with E-state index in [0.717, 1.165) is 41.6 Å². The van der Waals surface area contributed by atoms with Gasteiger partial charge in [0, 0.05) is 17.1 Å². The molecule has 0 saturated heterocycles. The summed E-state index contributed by atoms with van der Waals surface area (Å²) in [5, 5.41) is 4.11. The van der Waals surface area contributed by atoms with E-state index in [-0.39, 0.29) is 11.9 Å². The van der Waals surface area contributed by atoms with E-state index in [4.69, 9.17) is 10.5 Å². The average molecular weight is 361 g/mol. The summed E-state index contributed by atoms with van der Waals surface area (Å²) in [6.45, 7) is 1.86. The number of carbonyl (C=O) groups excluding carboxylic acids is 1. The fourth-order valence-electron chi connectivity index (χ4n) is 3.82. The van der Waals surface area contributed by atoms with Gasteiger partial charge in [-0.2, -0.15) is 0 Å². The highest BCUT2D eigenvalue weighted by molar-refractivity contribution is 5.99. The maximum Gasteiger partial charge on any atom is 0.253 e. The van der Waals surface area contributed by atoms with Gasteiger partial charge < -0.3 is 15.8 Å². The van der Waals surface area contributed by atoms with Gasteiger partial charge in [0.05, 0.1) is 29.9 Å². The minimum atomic E-state index is -0.0904. The number of fused-ring (bicyclic) bond motifs is 2. The number of aromatic nitrogens is 1. The van der Waals surface area contributed by atoms with Gasteiger partial charge in [0.15, 0.2) is 0 Å². The molecule has 0 aliphatic heterocycles. The molecule has 1 aliphatic rings. The van der Waals surface area contributed by atoms with Gasteiger partial charge in [0.1, 0.15) is 5.75 Å². The molecule has 1 amide bonds. The number of nitrogens with zero attached hydrogens (tertiary/aromatic N) is 1. The van der Waals surface area contributed by atoms with E-state index < -0.39 is 0 Å². The van der Waals surface area contributed by atoms with Crippen molar-refractivity contribution in [1.29, 1.82) is 0 Å². The second-order valence-corrected chi connectivity index (χ2v) is 7.06. The van der Waals surface area contributed by atoms with Crippen LogP contribution in [0.5, 0.6) is 5.75 Å². The number of nitrogen functional groups attached to an aromatic ring is 1. The molecule has 3 aromatic rings. The lowest BCUT2D eigenvalue weighted by Crippen LogP contribution is -2.31. The Hall–Kier alpha value is -3.08. The van der Waals surface area contributed by atoms with Gasteiger partial charge in [0.25, 0.3) is 5.91 Å². The molecule has 138 valence electrons. The van der Waals surface area contributed by atoms with Crippen molar-refractivity contribution in [2.75, 3.05) is 12.8 Å². The second-order valence-electron chi connectivity index (χ2n) is 7.06. The van der Waals surface area contributed by atoms with Crippen molar-refractivity contribution in [3.05, 3.63) is 64.8 Å². The van der Waals surface area contributed by atoms with Crippen molar-refractivity contribution in [1.82, 2.24) is 10.3 Å². The summed E-state index contributed by atoms with van der Waals surface area (Å²) in [5.41, 5.74) is 11.2. The van der Waals surface area contributed by atoms with Crippen molar-refractivity contribution in [3.8, 4) is 5.75 Å². The predicted octanol–water partition coefficient (Wildman–Crippen LogP) is 3.94. The van der Waals surface area contributed by atoms with Crippen LogP contribution in [0.1, 0.15) is 46.1 Å². The highest BCUT2D eigenvalue weighted by atomic mass is 16.5. The first-order valence-corrected chi connectivity index (χ1v) is 9.19. The Morgan fingerprint density at radius 2 is 2.07 bits per heavy atom. The van der Waals surface area contributed by atoms with E-state index >= 15 is 0 Å². The molecule has 5 nitrogen and oxygen atoms in total. The highest BCUT2D eigenvalue weighted by Crippen LogP contribution is 2.31. The third-order valence-electron chi connectivity index (χ3n) is 5.25. The van der Waals surface area contributed by atoms with E-state index in [1.807, 2.05) is 49.4 Å². The largest absolute Gasteiger partial charge is 0.497 e. The van der Waals surface area contributed by atoms with Crippen LogP contribution in [-0.2, 0) is 6.42 Å². The molecule has 27 heavy (non-hydrogen) atoms. The number of nitrogens with two attached hydrogens (primary N) is 1. The molecule has 0 bridgehead atoms. The van der Waals surface area contributed by atoms with Crippen LogP contribution in [0, 0.1) is 6.92 Å². The average Bonchev–Trinajstić information content (AvgIpc) is 2.66. The number of pyridine rings is 1. The Morgan fingerprint density at radius 1 is 1.22 bits per heavy atom. The Labute approximate surface area is 158 Å². The number of benzene rings is 2. The van der Waals surface area contributed by atoms with Gasteiger partial charge in [-0.15, -0.1) is 0 Å². The molecule has 0 spiro atoms. The minimum absolute atomic E-state index is 0.00724. The van der Waals surface area contributed by atoms with Crippen LogP contribution in [0.2, 0.25) is 0 Å². The SMILES string of the molecule is COc1ccc2cc(C(=O)NC3CCCc4cc(N)ccc43)c(C)nc2c1. The maximum absolute atomic E-state index is 13.0. The first-order chi connectivity index (χ1) is 13.0. The second kappa shape index (κ2) is 6.91. The number of hydrogen-bond donors (Lipinski definition) is 2. The molecule has 5 heteroatoms. The van der Waals surface area contributed by atoms with E-state index in [1.54, 1.807) is 7.11 Å². The summed E-state index contributed by atoms with van der Waals surface area (Å²) in [4.78, 5) is 17.6. The standard InChI is InChI=1S/C22H23N3O2/c1-13-19(11-15-6-8-17(27-2)12-21(15)24-13)22(26)25-20-5-3-4-14-10-16(23)7-9-18(14)20/h6-12,20H,3-5,23H2,1-2H3,(H,25,26). The van der Waals surface area contributed by atoms with Crippen LogP contribution in [0.15, 0.2) is 42.5 Å². The lowest BCUT2D eigenvalue weighted by atomic mass is 9.87. The third kappa shape index (κ3) is 3.33. The zero-order valence-corrected chi connectivity index (χ0v) is 15.6. The summed E-state index contributed by atoms with van der Waals surface area (Å²) in [6, 6.07) is 13.5. The Balaban J connectivity index is 1.63. The number of aryl methyl sites for hydroxylation is 2. The number of carbonyl (C=O) groups is 1. The highest BCUT2D eigenvalue weighted by Gasteiger charge is 2.23. The van der Waals surface area contributed by atoms with Crippen molar-refractivity contribution in [3.63, 3.8) is 0 Å². The molecule has 1 unspecified atom stereocenters. The molecule has 0 saturated carbocycles. The summed E-state index contributed by atoms with van der Waals surface area (Å²) >= 11 is 0. The molecule has 1 aliphatic carbocycles. The summed E-state index contributed by atoms with van der Waals surface area (Å²) in [5.74, 6) is 0.664. The van der Waals surface area contributed by atoms with Gasteiger partial charge in [0.2, 0.25) is 0 Å². The Morgan fingerprint density at radius 3 is 2.89 bits per heavy atom. The zero-order chi connectivity index (χ0) is 19.0. The van der Waals surface area contributed by atoms with Crippen LogP contribution >= 0.6 is 0 Å². The Kier molecular flexibility index (Phi) is 4.44. The molecular formula is C22H23N3O2. The smallest absolute Gasteiger partial charge is 0.253 e. The predicted molar refractivity (Wildman–Crippen MR) is 107 cm³/mol. The number of anilines is 1. The minimum Gasteiger partial charge on any atom is -0.497 e. The van der Waals surface area contributed by atoms with Gasteiger partial charge in [-0.1, -0.05) is 6.07 Å². The van der Waals surface area contributed by atoms with E-state index in [2.05, 4.69) is 10.3 Å². The van der Waals surface area contributed by atoms with Crippen molar-refractivity contribution in [2.24, 2.45) is 0 Å². The topological polar surface area (TPSA) is 77.2 Å². The Bertz CT molecular complexity index is 1030. The first kappa shape index (κ1) is 17.3. The number of nitrogens with one attached hydrogen (secondary N) is 1. The van der Waals surface area contributed by atoms with Crippen molar-refractivity contribution < 1.29 is 9.53 Å². The monoisotopic (exact) mass is 361 g/mol. The summed E-state index contributed by atoms with van der Waals surface area (Å²) < 4.78 is 5.25.